The minimum atomic E-state index is 0.000405. The molecule has 5 nitrogen and oxygen atoms in total. The van der Waals surface area contributed by atoms with Gasteiger partial charge in [-0.15, -0.1) is 0 Å². The highest BCUT2D eigenvalue weighted by Gasteiger charge is 2.50. The number of nitrogens with zero attached hydrogens (tertiary/aromatic N) is 3. The second-order valence-corrected chi connectivity index (χ2v) is 6.17. The van der Waals surface area contributed by atoms with Crippen molar-refractivity contribution in [3.63, 3.8) is 0 Å². The lowest BCUT2D eigenvalue weighted by Crippen LogP contribution is -2.51. The number of benzene rings is 1. The van der Waals surface area contributed by atoms with Crippen molar-refractivity contribution in [1.29, 1.82) is 5.26 Å². The van der Waals surface area contributed by atoms with Crippen LogP contribution in [0.15, 0.2) is 18.2 Å². The van der Waals surface area contributed by atoms with Crippen molar-refractivity contribution in [2.75, 3.05) is 12.3 Å². The zero-order chi connectivity index (χ0) is 15.2. The second kappa shape index (κ2) is 4.74. The normalized spacial score (nSPS) is 23.7. The number of anilines is 1. The summed E-state index contributed by atoms with van der Waals surface area (Å²) in [5, 5.41) is 9.09. The van der Waals surface area contributed by atoms with E-state index in [0.717, 1.165) is 24.1 Å². The molecule has 0 amide bonds. The van der Waals surface area contributed by atoms with E-state index < -0.39 is 0 Å². The molecule has 110 valence electrons. The Bertz CT molecular complexity index is 726. The molecule has 3 rings (SSSR count). The highest BCUT2D eigenvalue weighted by molar-refractivity contribution is 5.80. The third kappa shape index (κ3) is 1.98. The summed E-state index contributed by atoms with van der Waals surface area (Å²) in [6.45, 7) is 7.13. The Kier molecular flexibility index (Phi) is 3.14. The number of nitrogens with two attached hydrogens (primary N) is 1. The number of ether oxygens (including phenoxy) is 1. The van der Waals surface area contributed by atoms with Gasteiger partial charge in [0, 0.05) is 18.1 Å². The third-order valence-electron chi connectivity index (χ3n) is 4.65. The molecule has 1 aromatic heterocycles. The predicted molar refractivity (Wildman–Crippen MR) is 81.7 cm³/mol. The molecule has 1 fully saturated rings. The van der Waals surface area contributed by atoms with Crippen LogP contribution in [-0.4, -0.2) is 22.3 Å². The molecule has 21 heavy (non-hydrogen) atoms. The molecular formula is C16H20N4O. The Morgan fingerprint density at radius 2 is 2.29 bits per heavy atom. The Balaban J connectivity index is 2.05. The van der Waals surface area contributed by atoms with E-state index in [2.05, 4.69) is 29.5 Å². The van der Waals surface area contributed by atoms with Crippen LogP contribution >= 0.6 is 0 Å². The SMILES string of the molecule is CCOC1CC(n2c(N)nc3ccc(C#N)cc32)C1(C)C. The molecule has 0 saturated heterocycles. The summed E-state index contributed by atoms with van der Waals surface area (Å²) < 4.78 is 7.85. The predicted octanol–water partition coefficient (Wildman–Crippen LogP) is 2.87. The number of rotatable bonds is 3. The monoisotopic (exact) mass is 284 g/mol. The van der Waals surface area contributed by atoms with Crippen LogP contribution in [0.1, 0.15) is 38.8 Å². The molecule has 1 saturated carbocycles. The zero-order valence-corrected chi connectivity index (χ0v) is 12.6. The van der Waals surface area contributed by atoms with E-state index >= 15 is 0 Å². The quantitative estimate of drug-likeness (QED) is 0.940. The van der Waals surface area contributed by atoms with Crippen molar-refractivity contribution in [2.24, 2.45) is 5.41 Å². The van der Waals surface area contributed by atoms with Gasteiger partial charge in [-0.2, -0.15) is 5.26 Å². The molecule has 0 spiro atoms. The van der Waals surface area contributed by atoms with Crippen molar-refractivity contribution >= 4 is 17.0 Å². The molecule has 2 unspecified atom stereocenters. The van der Waals surface area contributed by atoms with Crippen molar-refractivity contribution in [3.8, 4) is 6.07 Å². The highest BCUT2D eigenvalue weighted by Crippen LogP contribution is 2.52. The van der Waals surface area contributed by atoms with Crippen LogP contribution in [0.25, 0.3) is 11.0 Å². The van der Waals surface area contributed by atoms with Crippen LogP contribution in [0.5, 0.6) is 0 Å². The third-order valence-corrected chi connectivity index (χ3v) is 4.65. The summed E-state index contributed by atoms with van der Waals surface area (Å²) in [6, 6.07) is 7.91. The molecular weight excluding hydrogens is 264 g/mol. The van der Waals surface area contributed by atoms with Crippen LogP contribution in [0, 0.1) is 16.7 Å². The first-order valence-corrected chi connectivity index (χ1v) is 7.28. The van der Waals surface area contributed by atoms with E-state index in [1.807, 2.05) is 19.1 Å². The molecule has 1 heterocycles. The maximum Gasteiger partial charge on any atom is 0.201 e. The number of imidazole rings is 1. The first-order chi connectivity index (χ1) is 9.98. The van der Waals surface area contributed by atoms with Crippen LogP contribution in [0.4, 0.5) is 5.95 Å². The zero-order valence-electron chi connectivity index (χ0n) is 12.6. The maximum atomic E-state index is 9.09. The van der Waals surface area contributed by atoms with Gasteiger partial charge in [0.15, 0.2) is 0 Å². The Hall–Kier alpha value is -2.06. The summed E-state index contributed by atoms with van der Waals surface area (Å²) >= 11 is 0. The minimum Gasteiger partial charge on any atom is -0.378 e. The minimum absolute atomic E-state index is 0.000405. The molecule has 0 radical (unpaired) electrons. The van der Waals surface area contributed by atoms with Gasteiger partial charge in [-0.3, -0.25) is 0 Å². The Morgan fingerprint density at radius 3 is 2.90 bits per heavy atom. The van der Waals surface area contributed by atoms with E-state index in [1.165, 1.54) is 0 Å². The number of nitriles is 1. The van der Waals surface area contributed by atoms with E-state index in [9.17, 15) is 0 Å². The molecule has 2 N–H and O–H groups in total. The fourth-order valence-electron chi connectivity index (χ4n) is 3.30. The van der Waals surface area contributed by atoms with Crippen molar-refractivity contribution < 1.29 is 4.74 Å². The van der Waals surface area contributed by atoms with Gasteiger partial charge in [-0.25, -0.2) is 4.98 Å². The van der Waals surface area contributed by atoms with E-state index in [-0.39, 0.29) is 17.6 Å². The molecule has 1 aromatic carbocycles. The van der Waals surface area contributed by atoms with Gasteiger partial charge in [0.2, 0.25) is 5.95 Å². The van der Waals surface area contributed by atoms with Crippen LogP contribution in [-0.2, 0) is 4.74 Å². The van der Waals surface area contributed by atoms with Crippen molar-refractivity contribution in [2.45, 2.75) is 39.3 Å². The largest absolute Gasteiger partial charge is 0.378 e. The molecule has 1 aliphatic carbocycles. The van der Waals surface area contributed by atoms with Gasteiger partial charge in [-0.05, 0) is 31.5 Å². The van der Waals surface area contributed by atoms with Gasteiger partial charge in [-0.1, -0.05) is 13.8 Å². The van der Waals surface area contributed by atoms with Gasteiger partial charge in [0.05, 0.1) is 28.8 Å². The number of aromatic nitrogens is 2. The number of nitrogen functional groups attached to an aromatic ring is 1. The lowest BCUT2D eigenvalue weighted by Gasteiger charge is -2.52. The highest BCUT2D eigenvalue weighted by atomic mass is 16.5. The Labute approximate surface area is 124 Å². The van der Waals surface area contributed by atoms with E-state index in [0.29, 0.717) is 11.5 Å². The van der Waals surface area contributed by atoms with Crippen LogP contribution < -0.4 is 5.73 Å². The standard InChI is InChI=1S/C16H20N4O/c1-4-21-14-8-13(16(14,2)3)20-12-7-10(9-17)5-6-11(12)19-15(20)18/h5-7,13-14H,4,8H2,1-3H3,(H2,18,19). The smallest absolute Gasteiger partial charge is 0.201 e. The molecule has 2 aromatic rings. The molecule has 0 aliphatic heterocycles. The van der Waals surface area contributed by atoms with Gasteiger partial charge < -0.3 is 15.0 Å². The van der Waals surface area contributed by atoms with E-state index in [1.54, 1.807) is 6.07 Å². The second-order valence-electron chi connectivity index (χ2n) is 6.17. The average molecular weight is 284 g/mol. The van der Waals surface area contributed by atoms with Crippen molar-refractivity contribution in [3.05, 3.63) is 23.8 Å². The summed E-state index contributed by atoms with van der Waals surface area (Å²) in [6.07, 6.45) is 1.16. The first kappa shape index (κ1) is 13.9. The van der Waals surface area contributed by atoms with E-state index in [4.69, 9.17) is 15.7 Å². The fraction of sp³-hybridized carbons (Fsp3) is 0.500. The summed E-state index contributed by atoms with van der Waals surface area (Å²) in [5.41, 5.74) is 8.52. The average Bonchev–Trinajstić information content (AvgIpc) is 2.78. The van der Waals surface area contributed by atoms with Crippen LogP contribution in [0.2, 0.25) is 0 Å². The van der Waals surface area contributed by atoms with Crippen LogP contribution in [0.3, 0.4) is 0 Å². The lowest BCUT2D eigenvalue weighted by atomic mass is 9.64. The van der Waals surface area contributed by atoms with Crippen molar-refractivity contribution in [1.82, 2.24) is 9.55 Å². The number of hydrogen-bond acceptors (Lipinski definition) is 4. The summed E-state index contributed by atoms with van der Waals surface area (Å²) in [4.78, 5) is 4.42. The topological polar surface area (TPSA) is 76.9 Å². The van der Waals surface area contributed by atoms with Gasteiger partial charge in [0.25, 0.3) is 0 Å². The lowest BCUT2D eigenvalue weighted by molar-refractivity contribution is -0.126. The number of fused-ring (bicyclic) bond motifs is 1. The molecule has 0 bridgehead atoms. The summed E-state index contributed by atoms with van der Waals surface area (Å²) in [7, 11) is 0. The van der Waals surface area contributed by atoms with Gasteiger partial charge in [0.1, 0.15) is 0 Å². The molecule has 2 atom stereocenters. The molecule has 5 heteroatoms. The first-order valence-electron chi connectivity index (χ1n) is 7.28. The summed E-state index contributed by atoms with van der Waals surface area (Å²) in [5.74, 6) is 0.508. The Morgan fingerprint density at radius 1 is 1.52 bits per heavy atom. The van der Waals surface area contributed by atoms with Gasteiger partial charge >= 0.3 is 0 Å². The fourth-order valence-corrected chi connectivity index (χ4v) is 3.30. The molecule has 1 aliphatic rings. The number of hydrogen-bond donors (Lipinski definition) is 1. The maximum absolute atomic E-state index is 9.09.